The third-order valence-electron chi connectivity index (χ3n) is 0.795. The Bertz CT molecular complexity index is 144. The summed E-state index contributed by atoms with van der Waals surface area (Å²) in [5, 5.41) is 0. The summed E-state index contributed by atoms with van der Waals surface area (Å²) >= 11 is 15.4. The molecule has 0 radical (unpaired) electrons. The van der Waals surface area contributed by atoms with E-state index < -0.39 is 16.4 Å². The van der Waals surface area contributed by atoms with Crippen LogP contribution < -0.4 is 0 Å². The fourth-order valence-electron chi connectivity index (χ4n) is 0.331. The van der Waals surface area contributed by atoms with E-state index in [1.165, 1.54) is 0 Å². The number of carbonyl (C=O) groups excluding carboxylic acids is 2. The van der Waals surface area contributed by atoms with Crippen LogP contribution in [-0.4, -0.2) is 22.3 Å². The van der Waals surface area contributed by atoms with Gasteiger partial charge in [0.15, 0.2) is 4.84 Å². The molecule has 0 bridgehead atoms. The molecule has 0 aliphatic carbocycles. The second-order valence-electron chi connectivity index (χ2n) is 1.53. The second-order valence-corrected chi connectivity index (χ2v) is 3.00. The van der Waals surface area contributed by atoms with Gasteiger partial charge in [-0.3, -0.25) is 9.59 Å². The highest BCUT2D eigenvalue weighted by Crippen LogP contribution is 2.05. The zero-order valence-corrected chi connectivity index (χ0v) is 7.21. The van der Waals surface area contributed by atoms with E-state index in [1.807, 2.05) is 0 Å². The Morgan fingerprint density at radius 2 is 1.80 bits per heavy atom. The number of ketones is 2. The summed E-state index contributed by atoms with van der Waals surface area (Å²) in [7, 11) is 0. The van der Waals surface area contributed by atoms with Gasteiger partial charge in [0.25, 0.3) is 0 Å². The Labute approximate surface area is 73.4 Å². The molecule has 0 rings (SSSR count). The molecule has 0 saturated heterocycles. The Morgan fingerprint density at radius 1 is 1.30 bits per heavy atom. The highest BCUT2D eigenvalue weighted by atomic mass is 35.5. The fourth-order valence-corrected chi connectivity index (χ4v) is 0.746. The van der Waals surface area contributed by atoms with Crippen molar-refractivity contribution in [3.63, 3.8) is 0 Å². The lowest BCUT2D eigenvalue weighted by atomic mass is 10.2. The lowest BCUT2D eigenvalue weighted by Gasteiger charge is -1.95. The molecule has 0 aliphatic heterocycles. The third-order valence-corrected chi connectivity index (χ3v) is 1.38. The molecule has 5 heteroatoms. The zero-order valence-electron chi connectivity index (χ0n) is 4.94. The topological polar surface area (TPSA) is 34.1 Å². The van der Waals surface area contributed by atoms with Crippen LogP contribution in [-0.2, 0) is 9.59 Å². The normalized spacial score (nSPS) is 10.0. The van der Waals surface area contributed by atoms with Crippen LogP contribution in [0.1, 0.15) is 6.42 Å². The average molecular weight is 203 g/mol. The molecular weight excluding hydrogens is 198 g/mol. The summed E-state index contributed by atoms with van der Waals surface area (Å²) in [5.74, 6) is -1.29. The van der Waals surface area contributed by atoms with Gasteiger partial charge in [-0.2, -0.15) is 0 Å². The number of Topliss-reactive ketones (excluding diaryl/α,β-unsaturated/α-hetero) is 2. The predicted molar refractivity (Wildman–Crippen MR) is 40.8 cm³/mol. The summed E-state index contributed by atoms with van der Waals surface area (Å²) in [6.45, 7) is 0. The largest absolute Gasteiger partial charge is 0.291 e. The number of hydrogen-bond donors (Lipinski definition) is 0. The average Bonchev–Trinajstić information content (AvgIpc) is 1.87. The van der Waals surface area contributed by atoms with Crippen LogP contribution >= 0.6 is 34.8 Å². The minimum atomic E-state index is -1.25. The number of hydrogen-bond acceptors (Lipinski definition) is 2. The lowest BCUT2D eigenvalue weighted by Crippen LogP contribution is -2.20. The van der Waals surface area contributed by atoms with Crippen LogP contribution in [0.5, 0.6) is 0 Å². The van der Waals surface area contributed by atoms with Crippen molar-refractivity contribution in [3.05, 3.63) is 0 Å². The van der Waals surface area contributed by atoms with Crippen molar-refractivity contribution < 1.29 is 9.59 Å². The third kappa shape index (κ3) is 3.40. The van der Waals surface area contributed by atoms with Crippen LogP contribution in [0.25, 0.3) is 0 Å². The predicted octanol–water partition coefficient (Wildman–Crippen LogP) is 1.56. The van der Waals surface area contributed by atoms with Gasteiger partial charge in [-0.25, -0.2) is 0 Å². The van der Waals surface area contributed by atoms with Gasteiger partial charge in [0, 0.05) is 12.3 Å². The van der Waals surface area contributed by atoms with Crippen LogP contribution in [0, 0.1) is 0 Å². The quantitative estimate of drug-likeness (QED) is 0.513. The van der Waals surface area contributed by atoms with Crippen molar-refractivity contribution in [2.45, 2.75) is 11.3 Å². The van der Waals surface area contributed by atoms with Crippen LogP contribution in [0.3, 0.4) is 0 Å². The maximum absolute atomic E-state index is 10.6. The van der Waals surface area contributed by atoms with E-state index in [-0.39, 0.29) is 12.3 Å². The second kappa shape index (κ2) is 4.94. The van der Waals surface area contributed by atoms with Crippen LogP contribution in [0.15, 0.2) is 0 Å². The highest BCUT2D eigenvalue weighted by Gasteiger charge is 2.19. The van der Waals surface area contributed by atoms with Crippen molar-refractivity contribution in [1.29, 1.82) is 0 Å². The van der Waals surface area contributed by atoms with Crippen molar-refractivity contribution >= 4 is 46.4 Å². The van der Waals surface area contributed by atoms with Gasteiger partial charge in [0.1, 0.15) is 0 Å². The van der Waals surface area contributed by atoms with Crippen molar-refractivity contribution in [2.75, 3.05) is 5.88 Å². The molecule has 2 nitrogen and oxygen atoms in total. The van der Waals surface area contributed by atoms with Gasteiger partial charge >= 0.3 is 0 Å². The Morgan fingerprint density at radius 3 is 2.10 bits per heavy atom. The molecule has 0 aromatic carbocycles. The molecule has 0 aromatic heterocycles. The minimum Gasteiger partial charge on any atom is -0.291 e. The zero-order chi connectivity index (χ0) is 8.15. The number of halogens is 3. The molecule has 0 amide bonds. The number of alkyl halides is 3. The summed E-state index contributed by atoms with van der Waals surface area (Å²) in [6.07, 6.45) is -0.00364. The standard InChI is InChI=1S/C5H5Cl3O2/c6-2-1-3(9)4(10)5(7)8/h5H,1-2H2. The number of rotatable bonds is 4. The lowest BCUT2D eigenvalue weighted by molar-refractivity contribution is -0.135. The van der Waals surface area contributed by atoms with E-state index in [4.69, 9.17) is 34.8 Å². The molecule has 0 aliphatic rings. The van der Waals surface area contributed by atoms with E-state index >= 15 is 0 Å². The molecule has 0 aromatic rings. The molecule has 0 heterocycles. The van der Waals surface area contributed by atoms with Crippen molar-refractivity contribution in [3.8, 4) is 0 Å². The Balaban J connectivity index is 3.83. The fraction of sp³-hybridized carbons (Fsp3) is 0.600. The summed E-state index contributed by atoms with van der Waals surface area (Å²) in [4.78, 5) is 19.9. The Hall–Kier alpha value is 0.210. The smallest absolute Gasteiger partial charge is 0.231 e. The van der Waals surface area contributed by atoms with Gasteiger partial charge < -0.3 is 0 Å². The van der Waals surface area contributed by atoms with E-state index in [2.05, 4.69) is 0 Å². The van der Waals surface area contributed by atoms with E-state index in [0.29, 0.717) is 0 Å². The molecular formula is C5H5Cl3O2. The molecule has 0 atom stereocenters. The first-order chi connectivity index (χ1) is 4.59. The summed E-state index contributed by atoms with van der Waals surface area (Å²) < 4.78 is 0. The Kier molecular flexibility index (Phi) is 5.04. The molecule has 0 spiro atoms. The first-order valence-electron chi connectivity index (χ1n) is 2.50. The maximum atomic E-state index is 10.6. The van der Waals surface area contributed by atoms with Gasteiger partial charge in [-0.1, -0.05) is 23.2 Å². The first-order valence-corrected chi connectivity index (χ1v) is 3.91. The van der Waals surface area contributed by atoms with E-state index in [1.54, 1.807) is 0 Å². The summed E-state index contributed by atoms with van der Waals surface area (Å²) in [5.41, 5.74) is 0. The first kappa shape index (κ1) is 10.2. The van der Waals surface area contributed by atoms with Gasteiger partial charge in [-0.05, 0) is 0 Å². The molecule has 0 unspecified atom stereocenters. The highest BCUT2D eigenvalue weighted by molar-refractivity contribution is 6.63. The van der Waals surface area contributed by atoms with E-state index in [0.717, 1.165) is 0 Å². The van der Waals surface area contributed by atoms with Gasteiger partial charge in [0.05, 0.1) is 0 Å². The van der Waals surface area contributed by atoms with E-state index in [9.17, 15) is 9.59 Å². The van der Waals surface area contributed by atoms with Gasteiger partial charge in [-0.15, -0.1) is 11.6 Å². The maximum Gasteiger partial charge on any atom is 0.231 e. The molecule has 0 N–H and O–H groups in total. The van der Waals surface area contributed by atoms with Crippen molar-refractivity contribution in [1.82, 2.24) is 0 Å². The van der Waals surface area contributed by atoms with Crippen LogP contribution in [0.4, 0.5) is 0 Å². The van der Waals surface area contributed by atoms with Gasteiger partial charge in [0.2, 0.25) is 11.6 Å². The monoisotopic (exact) mass is 202 g/mol. The SMILES string of the molecule is O=C(CCCl)C(=O)C(Cl)Cl. The molecule has 0 fully saturated rings. The number of carbonyl (C=O) groups is 2. The molecule has 58 valence electrons. The minimum absolute atomic E-state index is 0.00364. The summed E-state index contributed by atoms with van der Waals surface area (Å²) in [6, 6.07) is 0. The molecule has 0 saturated carbocycles. The van der Waals surface area contributed by atoms with Crippen molar-refractivity contribution in [2.24, 2.45) is 0 Å². The van der Waals surface area contributed by atoms with Crippen LogP contribution in [0.2, 0.25) is 0 Å². The molecule has 10 heavy (non-hydrogen) atoms.